The summed E-state index contributed by atoms with van der Waals surface area (Å²) in [6.07, 6.45) is 5.15. The quantitative estimate of drug-likeness (QED) is 0.691. The van der Waals surface area contributed by atoms with Crippen molar-refractivity contribution in [3.8, 4) is 0 Å². The summed E-state index contributed by atoms with van der Waals surface area (Å²) in [5.74, 6) is 1.64. The third kappa shape index (κ3) is 3.59. The molecular weight excluding hydrogens is 228 g/mol. The van der Waals surface area contributed by atoms with Crippen LogP contribution < -0.4 is 0 Å². The van der Waals surface area contributed by atoms with Crippen LogP contribution in [0.2, 0.25) is 0 Å². The Kier molecular flexibility index (Phi) is 5.34. The van der Waals surface area contributed by atoms with Crippen molar-refractivity contribution in [1.82, 2.24) is 0 Å². The van der Waals surface area contributed by atoms with Crippen molar-refractivity contribution < 1.29 is 4.74 Å². The highest BCUT2D eigenvalue weighted by atomic mass is 79.9. The molecule has 1 heterocycles. The highest BCUT2D eigenvalue weighted by Crippen LogP contribution is 2.29. The fraction of sp³-hybridized carbons (Fsp3) is 1.00. The van der Waals surface area contributed by atoms with Crippen LogP contribution in [-0.4, -0.2) is 18.0 Å². The van der Waals surface area contributed by atoms with E-state index >= 15 is 0 Å². The SMILES string of the molecule is CCC(CC)CC1COCCC1Br. The van der Waals surface area contributed by atoms with Gasteiger partial charge < -0.3 is 4.74 Å². The number of rotatable bonds is 4. The molecule has 1 rings (SSSR count). The van der Waals surface area contributed by atoms with Gasteiger partial charge in [-0.05, 0) is 24.7 Å². The van der Waals surface area contributed by atoms with E-state index in [9.17, 15) is 0 Å². The lowest BCUT2D eigenvalue weighted by Crippen LogP contribution is -2.29. The second kappa shape index (κ2) is 6.02. The van der Waals surface area contributed by atoms with Crippen LogP contribution in [0.1, 0.15) is 39.5 Å². The van der Waals surface area contributed by atoms with Crippen LogP contribution in [0.4, 0.5) is 0 Å². The largest absolute Gasteiger partial charge is 0.381 e. The summed E-state index contributed by atoms with van der Waals surface area (Å²) in [5.41, 5.74) is 0. The molecule has 0 spiro atoms. The van der Waals surface area contributed by atoms with E-state index in [1.54, 1.807) is 0 Å². The lowest BCUT2D eigenvalue weighted by atomic mass is 9.87. The number of alkyl halides is 1. The van der Waals surface area contributed by atoms with E-state index in [0.717, 1.165) is 25.0 Å². The molecule has 0 N–H and O–H groups in total. The molecule has 1 aliphatic heterocycles. The molecule has 0 aromatic heterocycles. The molecule has 0 saturated carbocycles. The maximum Gasteiger partial charge on any atom is 0.0505 e. The highest BCUT2D eigenvalue weighted by Gasteiger charge is 2.25. The maximum atomic E-state index is 5.51. The van der Waals surface area contributed by atoms with Crippen molar-refractivity contribution in [3.05, 3.63) is 0 Å². The van der Waals surface area contributed by atoms with Crippen LogP contribution in [0.5, 0.6) is 0 Å². The Morgan fingerprint density at radius 2 is 2.08 bits per heavy atom. The Morgan fingerprint density at radius 3 is 2.62 bits per heavy atom. The summed E-state index contributed by atoms with van der Waals surface area (Å²) in [6.45, 7) is 6.49. The third-order valence-corrected chi connectivity index (χ3v) is 4.38. The first kappa shape index (κ1) is 11.5. The summed E-state index contributed by atoms with van der Waals surface area (Å²) < 4.78 is 5.51. The van der Waals surface area contributed by atoms with Gasteiger partial charge in [-0.15, -0.1) is 0 Å². The zero-order chi connectivity index (χ0) is 9.68. The van der Waals surface area contributed by atoms with Crippen LogP contribution in [-0.2, 0) is 4.74 Å². The van der Waals surface area contributed by atoms with Gasteiger partial charge in [-0.25, -0.2) is 0 Å². The first-order valence-electron chi connectivity index (χ1n) is 5.49. The van der Waals surface area contributed by atoms with Crippen LogP contribution in [0.25, 0.3) is 0 Å². The number of hydrogen-bond acceptors (Lipinski definition) is 1. The minimum Gasteiger partial charge on any atom is -0.381 e. The topological polar surface area (TPSA) is 9.23 Å². The van der Waals surface area contributed by atoms with Crippen LogP contribution in [0.15, 0.2) is 0 Å². The normalized spacial score (nSPS) is 29.5. The lowest BCUT2D eigenvalue weighted by Gasteiger charge is -2.30. The number of hydrogen-bond donors (Lipinski definition) is 0. The van der Waals surface area contributed by atoms with Gasteiger partial charge in [0.25, 0.3) is 0 Å². The monoisotopic (exact) mass is 248 g/mol. The molecule has 0 aliphatic carbocycles. The summed E-state index contributed by atoms with van der Waals surface area (Å²) in [4.78, 5) is 0.696. The fourth-order valence-electron chi connectivity index (χ4n) is 2.04. The second-order valence-corrected chi connectivity index (χ2v) is 5.23. The molecule has 0 radical (unpaired) electrons. The molecule has 78 valence electrons. The standard InChI is InChI=1S/C11H21BrO/c1-3-9(4-2)7-10-8-13-6-5-11(10)12/h9-11H,3-8H2,1-2H3. The highest BCUT2D eigenvalue weighted by molar-refractivity contribution is 9.09. The van der Waals surface area contributed by atoms with E-state index in [1.165, 1.54) is 25.7 Å². The van der Waals surface area contributed by atoms with Gasteiger partial charge in [-0.1, -0.05) is 42.6 Å². The Morgan fingerprint density at radius 1 is 1.38 bits per heavy atom. The molecule has 0 bridgehead atoms. The van der Waals surface area contributed by atoms with E-state index < -0.39 is 0 Å². The zero-order valence-corrected chi connectivity index (χ0v) is 10.3. The van der Waals surface area contributed by atoms with E-state index in [2.05, 4.69) is 29.8 Å². The molecule has 2 unspecified atom stereocenters. The first-order valence-corrected chi connectivity index (χ1v) is 6.41. The average Bonchev–Trinajstić information content (AvgIpc) is 2.17. The van der Waals surface area contributed by atoms with Crippen molar-refractivity contribution in [2.45, 2.75) is 44.4 Å². The van der Waals surface area contributed by atoms with Gasteiger partial charge in [0.05, 0.1) is 6.61 Å². The summed E-state index contributed by atoms with van der Waals surface area (Å²) in [6, 6.07) is 0. The van der Waals surface area contributed by atoms with Gasteiger partial charge in [0.2, 0.25) is 0 Å². The minimum atomic E-state index is 0.696. The van der Waals surface area contributed by atoms with E-state index in [-0.39, 0.29) is 0 Å². The Labute approximate surface area is 90.4 Å². The molecule has 0 amide bonds. The van der Waals surface area contributed by atoms with Gasteiger partial charge in [-0.2, -0.15) is 0 Å². The molecule has 1 fully saturated rings. The lowest BCUT2D eigenvalue weighted by molar-refractivity contribution is 0.0502. The number of ether oxygens (including phenoxy) is 1. The summed E-state index contributed by atoms with van der Waals surface area (Å²) >= 11 is 3.76. The van der Waals surface area contributed by atoms with Crippen molar-refractivity contribution >= 4 is 15.9 Å². The summed E-state index contributed by atoms with van der Waals surface area (Å²) in [5, 5.41) is 0. The third-order valence-electron chi connectivity index (χ3n) is 3.17. The molecule has 0 aromatic rings. The molecule has 13 heavy (non-hydrogen) atoms. The van der Waals surface area contributed by atoms with Gasteiger partial charge in [-0.3, -0.25) is 0 Å². The molecular formula is C11H21BrO. The van der Waals surface area contributed by atoms with Crippen molar-refractivity contribution in [1.29, 1.82) is 0 Å². The van der Waals surface area contributed by atoms with Crippen molar-refractivity contribution in [2.24, 2.45) is 11.8 Å². The molecule has 1 saturated heterocycles. The summed E-state index contributed by atoms with van der Waals surface area (Å²) in [7, 11) is 0. The smallest absolute Gasteiger partial charge is 0.0505 e. The fourth-order valence-corrected chi connectivity index (χ4v) is 2.59. The van der Waals surface area contributed by atoms with Crippen LogP contribution >= 0.6 is 15.9 Å². The molecule has 2 atom stereocenters. The van der Waals surface area contributed by atoms with Crippen molar-refractivity contribution in [2.75, 3.05) is 13.2 Å². The van der Waals surface area contributed by atoms with E-state index in [4.69, 9.17) is 4.74 Å². The van der Waals surface area contributed by atoms with Gasteiger partial charge in [0.15, 0.2) is 0 Å². The molecule has 1 aliphatic rings. The van der Waals surface area contributed by atoms with Gasteiger partial charge in [0.1, 0.15) is 0 Å². The predicted octanol–water partition coefficient (Wildman–Crippen LogP) is 3.61. The average molecular weight is 249 g/mol. The second-order valence-electron chi connectivity index (χ2n) is 4.06. The first-order chi connectivity index (χ1) is 6.27. The van der Waals surface area contributed by atoms with E-state index in [1.807, 2.05) is 0 Å². The molecule has 2 heteroatoms. The maximum absolute atomic E-state index is 5.51. The Bertz CT molecular complexity index is 134. The van der Waals surface area contributed by atoms with Gasteiger partial charge in [0, 0.05) is 11.4 Å². The van der Waals surface area contributed by atoms with Crippen molar-refractivity contribution in [3.63, 3.8) is 0 Å². The Hall–Kier alpha value is 0.440. The van der Waals surface area contributed by atoms with Gasteiger partial charge >= 0.3 is 0 Å². The van der Waals surface area contributed by atoms with Crippen LogP contribution in [0, 0.1) is 11.8 Å². The van der Waals surface area contributed by atoms with Crippen LogP contribution in [0.3, 0.4) is 0 Å². The molecule has 1 nitrogen and oxygen atoms in total. The molecule has 0 aromatic carbocycles. The Balaban J connectivity index is 2.32. The van der Waals surface area contributed by atoms with E-state index in [0.29, 0.717) is 4.83 Å². The number of halogens is 1. The predicted molar refractivity (Wildman–Crippen MR) is 60.3 cm³/mol. The minimum absolute atomic E-state index is 0.696. The zero-order valence-electron chi connectivity index (χ0n) is 8.76.